The largest absolute Gasteiger partial charge is 3.00 e. The van der Waals surface area contributed by atoms with Crippen LogP contribution >= 0.6 is 0 Å². The number of aromatic hydroxyl groups is 3. The van der Waals surface area contributed by atoms with Crippen LogP contribution in [-0.2, 0) is 51.0 Å². The first kappa shape index (κ1) is 38.0. The van der Waals surface area contributed by atoms with Gasteiger partial charge in [0.2, 0.25) is 0 Å². The van der Waals surface area contributed by atoms with Gasteiger partial charge >= 0.3 is 17.4 Å². The number of aromatic nitrogens is 3. The Balaban J connectivity index is 0.000000197. The minimum atomic E-state index is -1.28. The molecule has 255 valence electrons. The third-order valence-corrected chi connectivity index (χ3v) is 7.48. The molecule has 0 unspecified atom stereocenters. The van der Waals surface area contributed by atoms with Crippen LogP contribution in [0, 0.1) is 0 Å². The van der Waals surface area contributed by atoms with E-state index < -0.39 is 36.0 Å². The molecule has 3 atom stereocenters. The number of nitrogens with one attached hydrogen (secondary N) is 3. The number of carbonyl (C=O) groups is 3. The van der Waals surface area contributed by atoms with Gasteiger partial charge in [-0.1, -0.05) is 0 Å². The molecule has 6 aromatic rings. The zero-order valence-corrected chi connectivity index (χ0v) is 27.0. The van der Waals surface area contributed by atoms with Crippen molar-refractivity contribution in [3.8, 4) is 17.2 Å². The van der Waals surface area contributed by atoms with E-state index >= 15 is 0 Å². The Morgan fingerprint density at radius 1 is 0.531 bits per heavy atom. The van der Waals surface area contributed by atoms with E-state index in [2.05, 4.69) is 15.0 Å². The smallest absolute Gasteiger partial charge is 0.548 e. The fraction of sp³-hybridized carbons (Fsp3) is 0.182. The third kappa shape index (κ3) is 9.76. The Hall–Kier alpha value is -5.50. The van der Waals surface area contributed by atoms with Gasteiger partial charge in [0.05, 0.1) is 17.9 Å². The number of benzene rings is 3. The summed E-state index contributed by atoms with van der Waals surface area (Å²) in [5.41, 5.74) is 20.9. The summed E-state index contributed by atoms with van der Waals surface area (Å²) < 4.78 is 0. The molecule has 12 N–H and O–H groups in total. The van der Waals surface area contributed by atoms with Crippen LogP contribution in [0.2, 0.25) is 0 Å². The zero-order chi connectivity index (χ0) is 35.1. The van der Waals surface area contributed by atoms with E-state index in [0.717, 1.165) is 49.4 Å². The SMILES string of the molecule is N[C@@H](Cc1c[nH]c2ccc(O)cc12)C(=O)[O-].N[C@@H](Cc1c[nH]c2ccc(O)cc12)C(=O)[O-].N[C@@H](Cc1c[nH]c2ccc(O)cc12)C(=O)[O-].[Cr+3]. The Morgan fingerprint density at radius 2 is 0.776 bits per heavy atom. The van der Waals surface area contributed by atoms with Crippen molar-refractivity contribution in [3.63, 3.8) is 0 Å². The van der Waals surface area contributed by atoms with Crippen LogP contribution in [0.5, 0.6) is 17.2 Å². The van der Waals surface area contributed by atoms with Gasteiger partial charge < -0.3 is 77.2 Å². The average Bonchev–Trinajstić information content (AvgIpc) is 3.74. The van der Waals surface area contributed by atoms with Crippen LogP contribution in [0.1, 0.15) is 16.7 Å². The van der Waals surface area contributed by atoms with Crippen molar-refractivity contribution >= 4 is 50.6 Å². The summed E-state index contributed by atoms with van der Waals surface area (Å²) in [5.74, 6) is -3.44. The summed E-state index contributed by atoms with van der Waals surface area (Å²) in [7, 11) is 0. The minimum absolute atomic E-state index is 0. The fourth-order valence-corrected chi connectivity index (χ4v) is 4.97. The molecule has 0 saturated heterocycles. The molecule has 6 rings (SSSR count). The first-order valence-corrected chi connectivity index (χ1v) is 14.5. The Bertz CT molecular complexity index is 1840. The van der Waals surface area contributed by atoms with Gasteiger partial charge in [-0.2, -0.15) is 0 Å². The van der Waals surface area contributed by atoms with Crippen LogP contribution in [0.15, 0.2) is 73.2 Å². The number of nitrogens with two attached hydrogens (primary N) is 3. The molecule has 0 aliphatic carbocycles. The molecular weight excluding hydrogens is 676 g/mol. The normalized spacial score (nSPS) is 12.6. The first-order chi connectivity index (χ1) is 22.7. The van der Waals surface area contributed by atoms with Gasteiger partial charge in [0.15, 0.2) is 0 Å². The number of rotatable bonds is 9. The van der Waals surface area contributed by atoms with Gasteiger partial charge in [0, 0.05) is 69.4 Å². The maximum atomic E-state index is 10.5. The molecule has 0 bridgehead atoms. The van der Waals surface area contributed by atoms with E-state index in [1.165, 1.54) is 0 Å². The topological polar surface area (TPSA) is 307 Å². The number of hydrogen-bond acceptors (Lipinski definition) is 12. The monoisotopic (exact) mass is 709 g/mol. The van der Waals surface area contributed by atoms with Crippen LogP contribution in [0.25, 0.3) is 32.7 Å². The molecule has 3 aromatic carbocycles. The first-order valence-electron chi connectivity index (χ1n) is 14.5. The molecule has 0 saturated carbocycles. The molecular formula is C33H33CrN6O9. The molecule has 3 aromatic heterocycles. The van der Waals surface area contributed by atoms with E-state index in [1.54, 1.807) is 73.2 Å². The van der Waals surface area contributed by atoms with Crippen molar-refractivity contribution < 1.29 is 62.4 Å². The third-order valence-electron chi connectivity index (χ3n) is 7.48. The van der Waals surface area contributed by atoms with Gasteiger partial charge in [-0.15, -0.1) is 0 Å². The number of aromatic amines is 3. The summed E-state index contributed by atoms with van der Waals surface area (Å²) in [6.45, 7) is 0. The van der Waals surface area contributed by atoms with Crippen LogP contribution in [-0.4, -0.2) is 66.3 Å². The molecule has 3 heterocycles. The number of aliphatic carboxylic acids is 3. The second kappa shape index (κ2) is 16.6. The van der Waals surface area contributed by atoms with Crippen molar-refractivity contribution in [2.45, 2.75) is 37.4 Å². The molecule has 0 amide bonds. The van der Waals surface area contributed by atoms with Gasteiger partial charge in [-0.05, 0) is 90.6 Å². The maximum Gasteiger partial charge on any atom is 3.00 e. The number of carboxylic acid groups (broad SMARTS) is 3. The molecule has 0 fully saturated rings. The van der Waals surface area contributed by atoms with Gasteiger partial charge in [-0.3, -0.25) is 0 Å². The Kier molecular flexibility index (Phi) is 12.8. The summed E-state index contributed by atoms with van der Waals surface area (Å²) >= 11 is 0. The number of phenolic OH excluding ortho intramolecular Hbond substituents is 3. The van der Waals surface area contributed by atoms with E-state index in [1.807, 2.05) is 0 Å². The number of phenols is 3. The summed E-state index contributed by atoms with van der Waals surface area (Å²) in [6, 6.07) is 11.4. The molecule has 49 heavy (non-hydrogen) atoms. The van der Waals surface area contributed by atoms with Crippen molar-refractivity contribution in [1.29, 1.82) is 0 Å². The summed E-state index contributed by atoms with van der Waals surface area (Å²) in [5, 5.41) is 62.0. The van der Waals surface area contributed by atoms with Crippen LogP contribution < -0.4 is 32.5 Å². The minimum Gasteiger partial charge on any atom is -0.548 e. The van der Waals surface area contributed by atoms with E-state index in [-0.39, 0.29) is 53.9 Å². The van der Waals surface area contributed by atoms with Crippen molar-refractivity contribution in [1.82, 2.24) is 15.0 Å². The molecule has 16 heteroatoms. The quantitative estimate of drug-likeness (QED) is 0.0827. The maximum absolute atomic E-state index is 10.5. The summed E-state index contributed by atoms with van der Waals surface area (Å²) in [4.78, 5) is 40.5. The van der Waals surface area contributed by atoms with Crippen LogP contribution in [0.3, 0.4) is 0 Å². The fourth-order valence-electron chi connectivity index (χ4n) is 4.97. The average molecular weight is 710 g/mol. The van der Waals surface area contributed by atoms with E-state index in [9.17, 15) is 45.0 Å². The molecule has 0 aliphatic heterocycles. The van der Waals surface area contributed by atoms with Crippen molar-refractivity contribution in [2.75, 3.05) is 0 Å². The zero-order valence-electron chi connectivity index (χ0n) is 25.7. The van der Waals surface area contributed by atoms with Gasteiger partial charge in [0.1, 0.15) is 17.2 Å². The van der Waals surface area contributed by atoms with Gasteiger partial charge in [0.25, 0.3) is 0 Å². The molecule has 0 aliphatic rings. The van der Waals surface area contributed by atoms with E-state index in [0.29, 0.717) is 0 Å². The Morgan fingerprint density at radius 3 is 1.00 bits per heavy atom. The van der Waals surface area contributed by atoms with Crippen molar-refractivity contribution in [3.05, 3.63) is 89.9 Å². The second-order valence-corrected chi connectivity index (χ2v) is 11.0. The number of fused-ring (bicyclic) bond motifs is 3. The molecule has 1 radical (unpaired) electrons. The Labute approximate surface area is 289 Å². The van der Waals surface area contributed by atoms with Crippen LogP contribution in [0.4, 0.5) is 0 Å². The number of carbonyl (C=O) groups excluding carboxylic acids is 3. The van der Waals surface area contributed by atoms with Crippen molar-refractivity contribution in [2.24, 2.45) is 17.2 Å². The van der Waals surface area contributed by atoms with Gasteiger partial charge in [-0.25, -0.2) is 0 Å². The number of hydrogen-bond donors (Lipinski definition) is 9. The van der Waals surface area contributed by atoms with E-state index in [4.69, 9.17) is 17.2 Å². The summed E-state index contributed by atoms with van der Waals surface area (Å²) in [6.07, 6.45) is 5.58. The predicted molar refractivity (Wildman–Crippen MR) is 170 cm³/mol. The number of H-pyrrole nitrogens is 3. The predicted octanol–water partition coefficient (Wildman–Crippen LogP) is -1.52. The standard InChI is InChI=1S/3C11H12N2O3.Cr/c3*12-9(11(15)16)3-6-5-13-10-2-1-7(14)4-8(6)10;/h3*1-2,4-5,9,13-14H,3,12H2,(H,15,16);/q;;;+3/p-3/t3*9-;/m000./s1. The molecule has 15 nitrogen and oxygen atoms in total. The number of carboxylic acids is 3. The second-order valence-electron chi connectivity index (χ2n) is 11.0. The molecule has 0 spiro atoms.